The molecule has 28 heavy (non-hydrogen) atoms. The van der Waals surface area contributed by atoms with Crippen LogP contribution in [-0.4, -0.2) is 40.7 Å². The highest BCUT2D eigenvalue weighted by Crippen LogP contribution is 2.33. The maximum absolute atomic E-state index is 12.6. The number of benzene rings is 2. The molecule has 0 aliphatic carbocycles. The molecule has 8 nitrogen and oxygen atoms in total. The third-order valence-electron chi connectivity index (χ3n) is 3.93. The van der Waals surface area contributed by atoms with Crippen LogP contribution in [0.3, 0.4) is 0 Å². The minimum atomic E-state index is -3.80. The standard InChI is InChI=1S/C19H22N2O6S/c1-3-20-28(23,24)18-11-13(5-7-16(18)25-4-2)19(22)21-14-6-8-15-17(12-14)27-10-9-26-15/h5-8,11-12,20H,3-4,9-10H2,1-2H3,(H,21,22). The summed E-state index contributed by atoms with van der Waals surface area (Å²) in [5, 5.41) is 2.74. The van der Waals surface area contributed by atoms with Crippen LogP contribution >= 0.6 is 0 Å². The number of amides is 1. The van der Waals surface area contributed by atoms with E-state index in [1.54, 1.807) is 32.0 Å². The molecule has 0 saturated heterocycles. The molecule has 0 spiro atoms. The number of carbonyl (C=O) groups excluding carboxylic acids is 1. The first kappa shape index (κ1) is 20.0. The first-order valence-electron chi connectivity index (χ1n) is 8.92. The minimum Gasteiger partial charge on any atom is -0.492 e. The Morgan fingerprint density at radius 1 is 1.07 bits per heavy atom. The molecule has 1 aliphatic heterocycles. The molecule has 0 aromatic heterocycles. The van der Waals surface area contributed by atoms with Gasteiger partial charge < -0.3 is 19.5 Å². The van der Waals surface area contributed by atoms with E-state index in [1.807, 2.05) is 0 Å². The number of rotatable bonds is 7. The Bertz CT molecular complexity index is 974. The molecule has 0 bridgehead atoms. The summed E-state index contributed by atoms with van der Waals surface area (Å²) >= 11 is 0. The molecule has 0 radical (unpaired) electrons. The zero-order valence-corrected chi connectivity index (χ0v) is 16.5. The van der Waals surface area contributed by atoms with E-state index >= 15 is 0 Å². The molecule has 0 fully saturated rings. The van der Waals surface area contributed by atoms with Gasteiger partial charge in [-0.2, -0.15) is 0 Å². The van der Waals surface area contributed by atoms with Crippen LogP contribution < -0.4 is 24.2 Å². The fourth-order valence-corrected chi connectivity index (χ4v) is 3.94. The molecule has 1 amide bonds. The fraction of sp³-hybridized carbons (Fsp3) is 0.316. The lowest BCUT2D eigenvalue weighted by atomic mass is 10.2. The summed E-state index contributed by atoms with van der Waals surface area (Å²) in [5.41, 5.74) is 0.703. The van der Waals surface area contributed by atoms with E-state index in [4.69, 9.17) is 14.2 Å². The second-order valence-corrected chi connectivity index (χ2v) is 7.64. The Balaban J connectivity index is 1.87. The maximum atomic E-state index is 12.6. The van der Waals surface area contributed by atoms with Crippen molar-refractivity contribution in [3.05, 3.63) is 42.0 Å². The largest absolute Gasteiger partial charge is 0.492 e. The van der Waals surface area contributed by atoms with Gasteiger partial charge in [0.2, 0.25) is 10.0 Å². The summed E-state index contributed by atoms with van der Waals surface area (Å²) in [4.78, 5) is 12.6. The third kappa shape index (κ3) is 4.37. The molecule has 0 atom stereocenters. The van der Waals surface area contributed by atoms with Crippen molar-refractivity contribution in [3.8, 4) is 17.2 Å². The van der Waals surface area contributed by atoms with Crippen molar-refractivity contribution in [2.24, 2.45) is 0 Å². The molecule has 2 N–H and O–H groups in total. The van der Waals surface area contributed by atoms with E-state index in [1.165, 1.54) is 18.2 Å². The molecule has 0 saturated carbocycles. The molecule has 150 valence electrons. The van der Waals surface area contributed by atoms with Gasteiger partial charge in [0.25, 0.3) is 5.91 Å². The second kappa shape index (κ2) is 8.49. The predicted octanol–water partition coefficient (Wildman–Crippen LogP) is 2.41. The van der Waals surface area contributed by atoms with Gasteiger partial charge in [-0.1, -0.05) is 6.92 Å². The molecule has 1 aliphatic rings. The van der Waals surface area contributed by atoms with E-state index < -0.39 is 15.9 Å². The molecule has 1 heterocycles. The van der Waals surface area contributed by atoms with Crippen molar-refractivity contribution >= 4 is 21.6 Å². The molecule has 3 rings (SSSR count). The zero-order chi connectivity index (χ0) is 20.1. The maximum Gasteiger partial charge on any atom is 0.255 e. The van der Waals surface area contributed by atoms with Crippen LogP contribution in [0.25, 0.3) is 0 Å². The molecule has 2 aromatic rings. The zero-order valence-electron chi connectivity index (χ0n) is 15.7. The van der Waals surface area contributed by atoms with Crippen LogP contribution in [0, 0.1) is 0 Å². The van der Waals surface area contributed by atoms with Crippen LogP contribution in [0.2, 0.25) is 0 Å². The summed E-state index contributed by atoms with van der Waals surface area (Å²) in [6.45, 7) is 4.88. The molecule has 2 aromatic carbocycles. The van der Waals surface area contributed by atoms with Crippen molar-refractivity contribution < 1.29 is 27.4 Å². The normalized spacial score (nSPS) is 13.1. The lowest BCUT2D eigenvalue weighted by Gasteiger charge is -2.19. The summed E-state index contributed by atoms with van der Waals surface area (Å²) in [6, 6.07) is 9.36. The van der Waals surface area contributed by atoms with Crippen LogP contribution in [0.5, 0.6) is 17.2 Å². The smallest absolute Gasteiger partial charge is 0.255 e. The average molecular weight is 406 g/mol. The van der Waals surface area contributed by atoms with Crippen molar-refractivity contribution in [3.63, 3.8) is 0 Å². The van der Waals surface area contributed by atoms with Gasteiger partial charge in [-0.3, -0.25) is 4.79 Å². The molecule has 9 heteroatoms. The van der Waals surface area contributed by atoms with Crippen molar-refractivity contribution in [1.29, 1.82) is 0 Å². The van der Waals surface area contributed by atoms with Gasteiger partial charge in [-0.25, -0.2) is 13.1 Å². The Hall–Kier alpha value is -2.78. The monoisotopic (exact) mass is 406 g/mol. The number of sulfonamides is 1. The van der Waals surface area contributed by atoms with E-state index in [9.17, 15) is 13.2 Å². The number of fused-ring (bicyclic) bond motifs is 1. The van der Waals surface area contributed by atoms with E-state index in [2.05, 4.69) is 10.0 Å². The van der Waals surface area contributed by atoms with Gasteiger partial charge >= 0.3 is 0 Å². The quantitative estimate of drug-likeness (QED) is 0.732. The van der Waals surface area contributed by atoms with Crippen LogP contribution in [-0.2, 0) is 10.0 Å². The first-order chi connectivity index (χ1) is 13.4. The SMILES string of the molecule is CCNS(=O)(=O)c1cc(C(=O)Nc2ccc3c(c2)OCCO3)ccc1OCC. The predicted molar refractivity (Wildman–Crippen MR) is 104 cm³/mol. The second-order valence-electron chi connectivity index (χ2n) is 5.91. The Labute approximate surface area is 163 Å². The number of ether oxygens (including phenoxy) is 3. The highest BCUT2D eigenvalue weighted by Gasteiger charge is 2.21. The minimum absolute atomic E-state index is 0.0778. The number of nitrogens with one attached hydrogen (secondary N) is 2. The summed E-state index contributed by atoms with van der Waals surface area (Å²) in [6.07, 6.45) is 0. The number of anilines is 1. The number of carbonyl (C=O) groups is 1. The highest BCUT2D eigenvalue weighted by molar-refractivity contribution is 7.89. The Kier molecular flexibility index (Phi) is 6.05. The van der Waals surface area contributed by atoms with Crippen LogP contribution in [0.1, 0.15) is 24.2 Å². The Morgan fingerprint density at radius 3 is 2.54 bits per heavy atom. The summed E-state index contributed by atoms with van der Waals surface area (Å²) < 4.78 is 43.7. The van der Waals surface area contributed by atoms with Crippen molar-refractivity contribution in [2.45, 2.75) is 18.7 Å². The molecular formula is C19H22N2O6S. The number of hydrogen-bond donors (Lipinski definition) is 2. The van der Waals surface area contributed by atoms with Gasteiger partial charge in [-0.15, -0.1) is 0 Å². The van der Waals surface area contributed by atoms with Gasteiger partial charge in [0.15, 0.2) is 11.5 Å². The van der Waals surface area contributed by atoms with Crippen LogP contribution in [0.4, 0.5) is 5.69 Å². The van der Waals surface area contributed by atoms with Gasteiger partial charge in [0, 0.05) is 23.9 Å². The first-order valence-corrected chi connectivity index (χ1v) is 10.4. The van der Waals surface area contributed by atoms with E-state index in [0.29, 0.717) is 37.0 Å². The van der Waals surface area contributed by atoms with Crippen molar-refractivity contribution in [1.82, 2.24) is 4.72 Å². The molecule has 0 unspecified atom stereocenters. The van der Waals surface area contributed by atoms with Gasteiger partial charge in [-0.05, 0) is 37.3 Å². The van der Waals surface area contributed by atoms with E-state index in [-0.39, 0.29) is 22.8 Å². The Morgan fingerprint density at radius 2 is 1.82 bits per heavy atom. The fourth-order valence-electron chi connectivity index (χ4n) is 2.73. The molecular weight excluding hydrogens is 384 g/mol. The van der Waals surface area contributed by atoms with Gasteiger partial charge in [0.1, 0.15) is 23.9 Å². The summed E-state index contributed by atoms with van der Waals surface area (Å²) in [7, 11) is -3.80. The van der Waals surface area contributed by atoms with E-state index in [0.717, 1.165) is 0 Å². The van der Waals surface area contributed by atoms with Crippen molar-refractivity contribution in [2.75, 3.05) is 31.7 Å². The van der Waals surface area contributed by atoms with Crippen LogP contribution in [0.15, 0.2) is 41.3 Å². The number of hydrogen-bond acceptors (Lipinski definition) is 6. The lowest BCUT2D eigenvalue weighted by Crippen LogP contribution is -2.24. The van der Waals surface area contributed by atoms with Gasteiger partial charge in [0.05, 0.1) is 6.61 Å². The topological polar surface area (TPSA) is 103 Å². The lowest BCUT2D eigenvalue weighted by molar-refractivity contribution is 0.102. The highest BCUT2D eigenvalue weighted by atomic mass is 32.2. The summed E-state index contributed by atoms with van der Waals surface area (Å²) in [5.74, 6) is 0.905. The average Bonchev–Trinajstić information content (AvgIpc) is 2.68. The third-order valence-corrected chi connectivity index (χ3v) is 5.50.